The zero-order valence-corrected chi connectivity index (χ0v) is 12.9. The van der Waals surface area contributed by atoms with Crippen molar-refractivity contribution in [3.8, 4) is 0 Å². The van der Waals surface area contributed by atoms with E-state index >= 15 is 0 Å². The Labute approximate surface area is 126 Å². The quantitative estimate of drug-likeness (QED) is 0.673. The molecule has 1 saturated carbocycles. The lowest BCUT2D eigenvalue weighted by Crippen LogP contribution is -2.41. The molecule has 1 aliphatic rings. The Kier molecular flexibility index (Phi) is 4.75. The zero-order valence-electron chi connectivity index (χ0n) is 11.3. The Morgan fingerprint density at radius 3 is 2.75 bits per heavy atom. The Morgan fingerprint density at radius 2 is 2.10 bits per heavy atom. The van der Waals surface area contributed by atoms with Crippen LogP contribution in [0.25, 0.3) is 0 Å². The van der Waals surface area contributed by atoms with Gasteiger partial charge in [0, 0.05) is 17.7 Å². The summed E-state index contributed by atoms with van der Waals surface area (Å²) >= 11 is 3.11. The largest absolute Gasteiger partial charge is 0.349 e. The Balaban J connectivity index is 2.13. The fourth-order valence-corrected chi connectivity index (χ4v) is 2.97. The van der Waals surface area contributed by atoms with E-state index in [1.807, 2.05) is 0 Å². The Hall–Kier alpha value is -1.43. The van der Waals surface area contributed by atoms with Crippen molar-refractivity contribution in [1.82, 2.24) is 5.32 Å². The maximum absolute atomic E-state index is 12.2. The summed E-state index contributed by atoms with van der Waals surface area (Å²) in [4.78, 5) is 22.6. The number of hydrogen-bond acceptors (Lipinski definition) is 3. The molecule has 0 radical (unpaired) electrons. The summed E-state index contributed by atoms with van der Waals surface area (Å²) in [5, 5.41) is 13.9. The molecule has 20 heavy (non-hydrogen) atoms. The molecule has 1 N–H and O–H groups in total. The summed E-state index contributed by atoms with van der Waals surface area (Å²) in [6, 6.07) is 4.61. The van der Waals surface area contributed by atoms with E-state index < -0.39 is 4.92 Å². The van der Waals surface area contributed by atoms with Crippen LogP contribution in [0.15, 0.2) is 22.7 Å². The number of nitrogens with one attached hydrogen (secondary N) is 1. The maximum atomic E-state index is 12.2. The number of rotatable bonds is 3. The van der Waals surface area contributed by atoms with Crippen molar-refractivity contribution in [2.75, 3.05) is 0 Å². The van der Waals surface area contributed by atoms with Gasteiger partial charge in [-0.05, 0) is 46.8 Å². The van der Waals surface area contributed by atoms with Crippen molar-refractivity contribution < 1.29 is 9.72 Å². The van der Waals surface area contributed by atoms with Crippen molar-refractivity contribution >= 4 is 27.5 Å². The fourth-order valence-electron chi connectivity index (χ4n) is 2.58. The lowest BCUT2D eigenvalue weighted by molar-refractivity contribution is -0.385. The maximum Gasteiger partial charge on any atom is 0.284 e. The highest BCUT2D eigenvalue weighted by atomic mass is 79.9. The van der Waals surface area contributed by atoms with Crippen LogP contribution in [-0.2, 0) is 0 Å². The summed E-state index contributed by atoms with van der Waals surface area (Å²) in [6.07, 6.45) is 4.42. The summed E-state index contributed by atoms with van der Waals surface area (Å²) in [6.45, 7) is 2.13. The summed E-state index contributed by atoms with van der Waals surface area (Å²) < 4.78 is 0.380. The molecule has 0 bridgehead atoms. The van der Waals surface area contributed by atoms with Crippen LogP contribution in [0.1, 0.15) is 43.0 Å². The van der Waals surface area contributed by atoms with Gasteiger partial charge in [0.15, 0.2) is 0 Å². The van der Waals surface area contributed by atoms with Gasteiger partial charge in [0.05, 0.1) is 9.40 Å². The first-order valence-corrected chi connectivity index (χ1v) is 7.53. The molecule has 6 heteroatoms. The number of halogens is 1. The topological polar surface area (TPSA) is 72.2 Å². The molecule has 1 aromatic carbocycles. The average molecular weight is 341 g/mol. The Morgan fingerprint density at radius 1 is 1.40 bits per heavy atom. The second-order valence-electron chi connectivity index (χ2n) is 5.26. The molecule has 5 nitrogen and oxygen atoms in total. The van der Waals surface area contributed by atoms with E-state index in [1.54, 1.807) is 6.07 Å². The van der Waals surface area contributed by atoms with Crippen LogP contribution in [0.2, 0.25) is 0 Å². The van der Waals surface area contributed by atoms with Crippen molar-refractivity contribution in [3.63, 3.8) is 0 Å². The minimum absolute atomic E-state index is 0.0886. The average Bonchev–Trinajstić information content (AvgIpc) is 2.41. The molecule has 0 aliphatic heterocycles. The smallest absolute Gasteiger partial charge is 0.284 e. The van der Waals surface area contributed by atoms with Crippen LogP contribution in [0, 0.1) is 16.0 Å². The van der Waals surface area contributed by atoms with Crippen molar-refractivity contribution in [2.24, 2.45) is 5.92 Å². The molecule has 0 aromatic heterocycles. The number of carbonyl (C=O) groups excluding carboxylic acids is 1. The van der Waals surface area contributed by atoms with E-state index in [2.05, 4.69) is 28.2 Å². The van der Waals surface area contributed by atoms with Crippen LogP contribution in [-0.4, -0.2) is 16.9 Å². The summed E-state index contributed by atoms with van der Waals surface area (Å²) in [5.74, 6) is 0.220. The van der Waals surface area contributed by atoms with Crippen LogP contribution < -0.4 is 5.32 Å². The highest BCUT2D eigenvalue weighted by molar-refractivity contribution is 9.10. The predicted octanol–water partition coefficient (Wildman–Crippen LogP) is 3.67. The number of benzene rings is 1. The van der Waals surface area contributed by atoms with Crippen molar-refractivity contribution in [2.45, 2.75) is 38.6 Å². The van der Waals surface area contributed by atoms with E-state index in [0.717, 1.165) is 19.3 Å². The number of nitrogens with zero attached hydrogens (tertiary/aromatic N) is 1. The predicted molar refractivity (Wildman–Crippen MR) is 79.7 cm³/mol. The van der Waals surface area contributed by atoms with Crippen molar-refractivity contribution in [3.05, 3.63) is 38.3 Å². The third-order valence-electron chi connectivity index (χ3n) is 3.83. The summed E-state index contributed by atoms with van der Waals surface area (Å²) in [5.41, 5.74) is 0.243. The van der Waals surface area contributed by atoms with Gasteiger partial charge >= 0.3 is 0 Å². The number of carbonyl (C=O) groups is 1. The molecule has 1 fully saturated rings. The van der Waals surface area contributed by atoms with E-state index in [4.69, 9.17) is 0 Å². The van der Waals surface area contributed by atoms with E-state index in [-0.39, 0.29) is 17.6 Å². The lowest BCUT2D eigenvalue weighted by atomic mass is 9.86. The molecule has 0 unspecified atom stereocenters. The third-order valence-corrected chi connectivity index (χ3v) is 4.50. The highest BCUT2D eigenvalue weighted by Crippen LogP contribution is 2.27. The molecule has 2 rings (SSSR count). The minimum atomic E-state index is -0.496. The van der Waals surface area contributed by atoms with Gasteiger partial charge in [-0.25, -0.2) is 0 Å². The monoisotopic (exact) mass is 340 g/mol. The van der Waals surface area contributed by atoms with Crippen LogP contribution in [0.4, 0.5) is 5.69 Å². The zero-order chi connectivity index (χ0) is 14.7. The molecular weight excluding hydrogens is 324 g/mol. The lowest BCUT2D eigenvalue weighted by Gasteiger charge is -2.29. The van der Waals surface area contributed by atoms with E-state index in [1.165, 1.54) is 18.6 Å². The molecular formula is C14H17BrN2O3. The first kappa shape index (κ1) is 15.0. The standard InChI is InChI=1S/C14H17BrN2O3/c1-9-4-2-3-5-12(9)16-14(18)10-6-7-11(15)13(8-10)17(19)20/h6-9,12H,2-5H2,1H3,(H,16,18)/t9-,12+/m0/s1. The molecule has 1 aliphatic carbocycles. The van der Waals surface area contributed by atoms with Gasteiger partial charge in [0.25, 0.3) is 11.6 Å². The van der Waals surface area contributed by atoms with Crippen LogP contribution >= 0.6 is 15.9 Å². The van der Waals surface area contributed by atoms with Crippen LogP contribution in [0.5, 0.6) is 0 Å². The van der Waals surface area contributed by atoms with Gasteiger partial charge < -0.3 is 5.32 Å². The number of nitro benzene ring substituents is 1. The van der Waals surface area contributed by atoms with Gasteiger partial charge in [0.2, 0.25) is 0 Å². The first-order valence-electron chi connectivity index (χ1n) is 6.74. The van der Waals surface area contributed by atoms with Gasteiger partial charge in [0.1, 0.15) is 0 Å². The van der Waals surface area contributed by atoms with E-state index in [0.29, 0.717) is 16.0 Å². The van der Waals surface area contributed by atoms with Gasteiger partial charge in [-0.3, -0.25) is 14.9 Å². The fraction of sp³-hybridized carbons (Fsp3) is 0.500. The molecule has 2 atom stereocenters. The molecule has 1 amide bonds. The molecule has 108 valence electrons. The van der Waals surface area contributed by atoms with Gasteiger partial charge in [-0.15, -0.1) is 0 Å². The molecule has 0 saturated heterocycles. The SMILES string of the molecule is C[C@H]1CCCC[C@H]1NC(=O)c1ccc(Br)c([N+](=O)[O-])c1. The van der Waals surface area contributed by atoms with Crippen LogP contribution in [0.3, 0.4) is 0 Å². The second kappa shape index (κ2) is 6.35. The molecule has 0 heterocycles. The summed E-state index contributed by atoms with van der Waals surface area (Å²) in [7, 11) is 0. The normalized spacial score (nSPS) is 22.3. The number of amides is 1. The number of nitro groups is 1. The molecule has 0 spiro atoms. The Bertz CT molecular complexity index is 533. The van der Waals surface area contributed by atoms with Crippen molar-refractivity contribution in [1.29, 1.82) is 0 Å². The third kappa shape index (κ3) is 3.36. The minimum Gasteiger partial charge on any atom is -0.349 e. The molecule has 1 aromatic rings. The second-order valence-corrected chi connectivity index (χ2v) is 6.12. The van der Waals surface area contributed by atoms with Gasteiger partial charge in [-0.1, -0.05) is 19.8 Å². The van der Waals surface area contributed by atoms with Gasteiger partial charge in [-0.2, -0.15) is 0 Å². The van der Waals surface area contributed by atoms with E-state index in [9.17, 15) is 14.9 Å². The highest BCUT2D eigenvalue weighted by Gasteiger charge is 2.24. The number of hydrogen-bond donors (Lipinski definition) is 1. The first-order chi connectivity index (χ1) is 9.49.